The highest BCUT2D eigenvalue weighted by molar-refractivity contribution is 5.94. The van der Waals surface area contributed by atoms with Crippen LogP contribution in [0.4, 0.5) is 4.79 Å². The van der Waals surface area contributed by atoms with Gasteiger partial charge in [0.1, 0.15) is 18.5 Å². The summed E-state index contributed by atoms with van der Waals surface area (Å²) >= 11 is 0. The number of aromatic amines is 1. The number of aromatic nitrogens is 2. The molecule has 0 radical (unpaired) electrons. The van der Waals surface area contributed by atoms with Gasteiger partial charge < -0.3 is 30.4 Å². The van der Waals surface area contributed by atoms with Gasteiger partial charge in [0, 0.05) is 24.6 Å². The van der Waals surface area contributed by atoms with Crippen LogP contribution in [0.3, 0.4) is 0 Å². The summed E-state index contributed by atoms with van der Waals surface area (Å²) in [5, 5.41) is 14.4. The van der Waals surface area contributed by atoms with Gasteiger partial charge in [-0.1, -0.05) is 73.9 Å². The molecule has 1 saturated carbocycles. The van der Waals surface area contributed by atoms with Gasteiger partial charge in [0.05, 0.1) is 17.6 Å². The normalized spacial score (nSPS) is 14.0. The molecule has 1 fully saturated rings. The first-order valence-electron chi connectivity index (χ1n) is 15.2. The highest BCUT2D eigenvalue weighted by Crippen LogP contribution is 2.27. The van der Waals surface area contributed by atoms with Crippen molar-refractivity contribution in [3.63, 3.8) is 0 Å². The number of hydrogen-bond acceptors (Lipinski definition) is 6. The molecular formula is C34H37N5O6. The van der Waals surface area contributed by atoms with Gasteiger partial charge in [0.2, 0.25) is 5.91 Å². The number of nitrogens with zero attached hydrogens (tertiary/aromatic N) is 2. The number of ether oxygens (including phenoxy) is 1. The first kappa shape index (κ1) is 31.2. The van der Waals surface area contributed by atoms with E-state index >= 15 is 0 Å². The summed E-state index contributed by atoms with van der Waals surface area (Å²) in [6.45, 7) is 0.338. The predicted octanol–water partition coefficient (Wildman–Crippen LogP) is 4.78. The number of alkyl carbamates (subject to hydrolysis) is 1. The summed E-state index contributed by atoms with van der Waals surface area (Å²) in [4.78, 5) is 60.1. The Kier molecular flexibility index (Phi) is 10.4. The maximum absolute atomic E-state index is 13.6. The summed E-state index contributed by atoms with van der Waals surface area (Å²) in [5.74, 6) is -1.01. The highest BCUT2D eigenvalue weighted by Gasteiger charge is 2.27. The molecule has 4 N–H and O–H groups in total. The molecule has 1 heterocycles. The van der Waals surface area contributed by atoms with E-state index in [1.807, 2.05) is 35.2 Å². The predicted molar refractivity (Wildman–Crippen MR) is 167 cm³/mol. The quantitative estimate of drug-likeness (QED) is 0.180. The van der Waals surface area contributed by atoms with Crippen molar-refractivity contribution in [1.82, 2.24) is 25.5 Å². The van der Waals surface area contributed by atoms with Crippen molar-refractivity contribution in [3.8, 4) is 0 Å². The number of carboxylic acid groups (broad SMARTS) is 1. The van der Waals surface area contributed by atoms with E-state index in [1.165, 1.54) is 0 Å². The van der Waals surface area contributed by atoms with Crippen LogP contribution in [0.5, 0.6) is 0 Å². The van der Waals surface area contributed by atoms with Gasteiger partial charge in [-0.25, -0.2) is 14.6 Å². The zero-order chi connectivity index (χ0) is 31.6. The number of imidazole rings is 1. The Morgan fingerprint density at radius 2 is 1.60 bits per heavy atom. The molecule has 5 rings (SSSR count). The molecule has 0 aliphatic heterocycles. The summed E-state index contributed by atoms with van der Waals surface area (Å²) in [5.41, 5.74) is 3.68. The third-order valence-electron chi connectivity index (χ3n) is 7.90. The monoisotopic (exact) mass is 611 g/mol. The second kappa shape index (κ2) is 15.0. The van der Waals surface area contributed by atoms with Gasteiger partial charge in [0.25, 0.3) is 5.91 Å². The molecule has 234 valence electrons. The smallest absolute Gasteiger partial charge is 0.408 e. The second-order valence-electron chi connectivity index (χ2n) is 11.2. The zero-order valence-corrected chi connectivity index (χ0v) is 24.9. The lowest BCUT2D eigenvalue weighted by Gasteiger charge is -2.29. The lowest BCUT2D eigenvalue weighted by Crippen LogP contribution is -2.48. The number of carbonyl (C=O) groups excluding carboxylic acids is 3. The van der Waals surface area contributed by atoms with Gasteiger partial charge in [-0.15, -0.1) is 0 Å². The lowest BCUT2D eigenvalue weighted by molar-refractivity contribution is -0.139. The average Bonchev–Trinajstić information content (AvgIpc) is 3.48. The summed E-state index contributed by atoms with van der Waals surface area (Å²) < 4.78 is 5.09. The van der Waals surface area contributed by atoms with Crippen LogP contribution in [0.15, 0.2) is 78.9 Å². The number of rotatable bonds is 12. The number of nitrogens with one attached hydrogen (secondary N) is 3. The Morgan fingerprint density at radius 1 is 0.889 bits per heavy atom. The minimum Gasteiger partial charge on any atom is -0.480 e. The Bertz CT molecular complexity index is 1580. The fraction of sp³-hybridized carbons (Fsp3) is 0.324. The van der Waals surface area contributed by atoms with E-state index in [9.17, 15) is 24.3 Å². The van der Waals surface area contributed by atoms with Crippen LogP contribution >= 0.6 is 0 Å². The molecule has 0 saturated heterocycles. The minimum atomic E-state index is -1.38. The van der Waals surface area contributed by atoms with Crippen molar-refractivity contribution in [2.24, 2.45) is 5.92 Å². The van der Waals surface area contributed by atoms with Crippen LogP contribution in [-0.2, 0) is 34.0 Å². The van der Waals surface area contributed by atoms with Gasteiger partial charge in [0.15, 0.2) is 0 Å². The first-order valence-corrected chi connectivity index (χ1v) is 15.2. The van der Waals surface area contributed by atoms with E-state index in [0.29, 0.717) is 24.5 Å². The van der Waals surface area contributed by atoms with E-state index < -0.39 is 24.0 Å². The molecule has 4 aromatic rings. The van der Waals surface area contributed by atoms with Crippen LogP contribution in [-0.4, -0.2) is 56.4 Å². The molecule has 45 heavy (non-hydrogen) atoms. The maximum atomic E-state index is 13.6. The largest absolute Gasteiger partial charge is 0.480 e. The van der Waals surface area contributed by atoms with Crippen LogP contribution in [0.25, 0.3) is 11.0 Å². The van der Waals surface area contributed by atoms with E-state index in [0.717, 1.165) is 54.3 Å². The molecule has 1 aliphatic rings. The van der Waals surface area contributed by atoms with Crippen molar-refractivity contribution in [1.29, 1.82) is 0 Å². The van der Waals surface area contributed by atoms with E-state index in [-0.39, 0.29) is 25.0 Å². The number of hydrogen-bond donors (Lipinski definition) is 4. The fourth-order valence-electron chi connectivity index (χ4n) is 5.47. The minimum absolute atomic E-state index is 0.0142. The van der Waals surface area contributed by atoms with Crippen LogP contribution < -0.4 is 10.6 Å². The molecule has 1 aromatic heterocycles. The standard InChI is InChI=1S/C34H37N5O6/c40-31(35-19-29(33(42)43)38-34(44)45-22-24-9-3-1-4-10-24)25-17-15-23(16-18-25)20-39(32(41)26-11-5-2-6-12-26)21-30-36-27-13-7-8-14-28(27)37-30/h1,3-4,7-10,13-18,26,29H,2,5-6,11-12,19-22H2,(H,35,40)(H,36,37)(H,38,44)(H,42,43)/t29-/m0/s1. The molecule has 1 aliphatic carbocycles. The fourth-order valence-corrected chi connectivity index (χ4v) is 5.47. The SMILES string of the molecule is O=C(N[C@@H](CNC(=O)c1ccc(CN(Cc2nc3ccccc3[nH]2)C(=O)C2CCCCC2)cc1)C(=O)O)OCc1ccccc1. The van der Waals surface area contributed by atoms with Crippen molar-refractivity contribution in [3.05, 3.63) is 101 Å². The molecular weight excluding hydrogens is 574 g/mol. The van der Waals surface area contributed by atoms with Gasteiger partial charge in [-0.2, -0.15) is 0 Å². The molecule has 3 amide bonds. The number of fused-ring (bicyclic) bond motifs is 1. The molecule has 3 aromatic carbocycles. The van der Waals surface area contributed by atoms with E-state index in [1.54, 1.807) is 48.5 Å². The lowest BCUT2D eigenvalue weighted by atomic mass is 9.88. The summed E-state index contributed by atoms with van der Waals surface area (Å²) in [6.07, 6.45) is 4.10. The Balaban J connectivity index is 1.18. The highest BCUT2D eigenvalue weighted by atomic mass is 16.5. The summed E-state index contributed by atoms with van der Waals surface area (Å²) in [6, 6.07) is 22.2. The van der Waals surface area contributed by atoms with Gasteiger partial charge in [-0.3, -0.25) is 9.59 Å². The third kappa shape index (κ3) is 8.69. The third-order valence-corrected chi connectivity index (χ3v) is 7.90. The number of H-pyrrole nitrogens is 1. The number of carbonyl (C=O) groups is 4. The van der Waals surface area contributed by atoms with E-state index in [4.69, 9.17) is 4.74 Å². The van der Waals surface area contributed by atoms with Crippen molar-refractivity contribution >= 4 is 34.9 Å². The van der Waals surface area contributed by atoms with Crippen molar-refractivity contribution in [2.45, 2.75) is 57.8 Å². The maximum Gasteiger partial charge on any atom is 0.408 e. The van der Waals surface area contributed by atoms with E-state index in [2.05, 4.69) is 20.6 Å². The zero-order valence-electron chi connectivity index (χ0n) is 24.9. The summed E-state index contributed by atoms with van der Waals surface area (Å²) in [7, 11) is 0. The molecule has 0 spiro atoms. The van der Waals surface area contributed by atoms with Gasteiger partial charge >= 0.3 is 12.1 Å². The average molecular weight is 612 g/mol. The van der Waals surface area contributed by atoms with Crippen LogP contribution in [0, 0.1) is 5.92 Å². The molecule has 0 unspecified atom stereocenters. The number of benzene rings is 3. The topological polar surface area (TPSA) is 154 Å². The first-order chi connectivity index (χ1) is 21.9. The molecule has 11 heteroatoms. The number of para-hydroxylation sites is 2. The number of aliphatic carboxylic acids is 1. The number of carboxylic acids is 1. The van der Waals surface area contributed by atoms with Gasteiger partial charge in [-0.05, 0) is 48.2 Å². The number of amides is 3. The molecule has 0 bridgehead atoms. The second-order valence-corrected chi connectivity index (χ2v) is 11.2. The van der Waals surface area contributed by atoms with Crippen molar-refractivity contribution in [2.75, 3.05) is 6.54 Å². The molecule has 11 nitrogen and oxygen atoms in total. The Morgan fingerprint density at radius 3 is 2.31 bits per heavy atom. The molecule has 1 atom stereocenters. The van der Waals surface area contributed by atoms with Crippen LogP contribution in [0.2, 0.25) is 0 Å². The van der Waals surface area contributed by atoms with Crippen molar-refractivity contribution < 1.29 is 29.0 Å². The Labute approximate surface area is 261 Å². The Hall–Kier alpha value is -5.19. The van der Waals surface area contributed by atoms with Crippen LogP contribution in [0.1, 0.15) is 59.4 Å².